The van der Waals surface area contributed by atoms with Gasteiger partial charge in [0.05, 0.1) is 5.69 Å². The molecule has 2 amide bonds. The largest absolute Gasteiger partial charge is 0.435 e. The van der Waals surface area contributed by atoms with Gasteiger partial charge < -0.3 is 14.6 Å². The fourth-order valence-electron chi connectivity index (χ4n) is 2.86. The van der Waals surface area contributed by atoms with Crippen molar-refractivity contribution in [1.29, 1.82) is 0 Å². The number of hydrogen-bond donors (Lipinski definition) is 1. The lowest BCUT2D eigenvalue weighted by Gasteiger charge is -2.31. The second-order valence-corrected chi connectivity index (χ2v) is 6.42. The van der Waals surface area contributed by atoms with Gasteiger partial charge in [0.1, 0.15) is 6.04 Å². The Hall–Kier alpha value is -2.63. The maximum absolute atomic E-state index is 12.6. The molecule has 0 radical (unpaired) electrons. The first-order chi connectivity index (χ1) is 11.4. The van der Waals surface area contributed by atoms with E-state index in [-0.39, 0.29) is 17.6 Å². The van der Waals surface area contributed by atoms with Gasteiger partial charge in [0.15, 0.2) is 5.89 Å². The fourth-order valence-corrected chi connectivity index (χ4v) is 2.86. The Labute approximate surface area is 140 Å². The summed E-state index contributed by atoms with van der Waals surface area (Å²) in [6.45, 7) is 6.17. The van der Waals surface area contributed by atoms with E-state index < -0.39 is 11.9 Å². The number of hydrogen-bond acceptors (Lipinski definition) is 4. The minimum absolute atomic E-state index is 0.0911. The summed E-state index contributed by atoms with van der Waals surface area (Å²) < 4.78 is 5.58. The van der Waals surface area contributed by atoms with Gasteiger partial charge in [0, 0.05) is 19.5 Å². The number of nitrogens with one attached hydrogen (secondary N) is 1. The first kappa shape index (κ1) is 16.2. The van der Waals surface area contributed by atoms with E-state index in [4.69, 9.17) is 4.42 Å². The molecule has 0 aliphatic carbocycles. The zero-order chi connectivity index (χ0) is 17.4. The van der Waals surface area contributed by atoms with Gasteiger partial charge >= 0.3 is 0 Å². The van der Waals surface area contributed by atoms with Gasteiger partial charge in [-0.25, -0.2) is 4.98 Å². The number of likely N-dealkylation sites (N-methyl/N-ethyl adjacent to an activating group) is 1. The van der Waals surface area contributed by atoms with Crippen molar-refractivity contribution in [2.75, 3.05) is 7.05 Å². The van der Waals surface area contributed by atoms with Crippen molar-refractivity contribution < 1.29 is 14.0 Å². The van der Waals surface area contributed by atoms with Crippen LogP contribution in [0.15, 0.2) is 28.7 Å². The lowest BCUT2D eigenvalue weighted by atomic mass is 9.95. The Kier molecular flexibility index (Phi) is 4.13. The molecule has 0 spiro atoms. The van der Waals surface area contributed by atoms with Crippen molar-refractivity contribution in [3.63, 3.8) is 0 Å². The van der Waals surface area contributed by atoms with Crippen LogP contribution < -0.4 is 5.32 Å². The first-order valence-corrected chi connectivity index (χ1v) is 7.99. The predicted molar refractivity (Wildman–Crippen MR) is 88.5 cm³/mol. The lowest BCUT2D eigenvalue weighted by molar-refractivity contribution is -0.133. The number of carbonyl (C=O) groups excluding carboxylic acids is 2. The van der Waals surface area contributed by atoms with Crippen LogP contribution in [0.1, 0.15) is 59.1 Å². The Morgan fingerprint density at radius 1 is 1.38 bits per heavy atom. The van der Waals surface area contributed by atoms with Crippen LogP contribution in [0.3, 0.4) is 0 Å². The fraction of sp³-hybridized carbons (Fsp3) is 0.389. The monoisotopic (exact) mass is 327 g/mol. The average Bonchev–Trinajstić information content (AvgIpc) is 2.94. The summed E-state index contributed by atoms with van der Waals surface area (Å²) in [4.78, 5) is 31.0. The molecule has 0 fully saturated rings. The molecule has 6 nitrogen and oxygen atoms in total. The molecule has 126 valence electrons. The quantitative estimate of drug-likeness (QED) is 0.940. The molecule has 2 heterocycles. The van der Waals surface area contributed by atoms with Crippen LogP contribution >= 0.6 is 0 Å². The highest BCUT2D eigenvalue weighted by molar-refractivity contribution is 5.97. The second-order valence-electron chi connectivity index (χ2n) is 6.42. The average molecular weight is 327 g/mol. The molecule has 2 aromatic rings. The number of nitrogens with zero attached hydrogens (tertiary/aromatic N) is 2. The van der Waals surface area contributed by atoms with Gasteiger partial charge in [-0.3, -0.25) is 9.59 Å². The molecule has 0 saturated heterocycles. The summed E-state index contributed by atoms with van der Waals surface area (Å²) in [5.74, 6) is 0.217. The molecule has 24 heavy (non-hydrogen) atoms. The first-order valence-electron chi connectivity index (χ1n) is 7.99. The highest BCUT2D eigenvalue weighted by atomic mass is 16.4. The number of oxazole rings is 1. The van der Waals surface area contributed by atoms with E-state index in [2.05, 4.69) is 10.3 Å². The number of benzene rings is 1. The number of amides is 2. The maximum Gasteiger partial charge on any atom is 0.289 e. The van der Waals surface area contributed by atoms with E-state index >= 15 is 0 Å². The molecule has 1 unspecified atom stereocenters. The third-order valence-electron chi connectivity index (χ3n) is 4.19. The van der Waals surface area contributed by atoms with Crippen molar-refractivity contribution in [2.45, 2.75) is 39.3 Å². The number of rotatable bonds is 3. The molecule has 6 heteroatoms. The molecular weight excluding hydrogens is 306 g/mol. The highest BCUT2D eigenvalue weighted by Crippen LogP contribution is 2.27. The van der Waals surface area contributed by atoms with E-state index in [9.17, 15) is 9.59 Å². The molecule has 0 bridgehead atoms. The van der Waals surface area contributed by atoms with Gasteiger partial charge in [-0.1, -0.05) is 38.1 Å². The number of aromatic nitrogens is 1. The van der Waals surface area contributed by atoms with E-state index in [0.717, 1.165) is 11.1 Å². The summed E-state index contributed by atoms with van der Waals surface area (Å²) in [6.07, 6.45) is 0. The van der Waals surface area contributed by atoms with E-state index in [0.29, 0.717) is 18.1 Å². The van der Waals surface area contributed by atoms with E-state index in [1.807, 2.05) is 38.1 Å². The summed E-state index contributed by atoms with van der Waals surface area (Å²) >= 11 is 0. The Balaban J connectivity index is 1.90. The van der Waals surface area contributed by atoms with Crippen LogP contribution in [-0.4, -0.2) is 28.7 Å². The van der Waals surface area contributed by atoms with Crippen molar-refractivity contribution in [2.24, 2.45) is 0 Å². The van der Waals surface area contributed by atoms with Crippen LogP contribution in [0.4, 0.5) is 0 Å². The minimum Gasteiger partial charge on any atom is -0.435 e. The SMILES string of the molecule is Cc1nc(C(C)C)oc1C(=O)NC1C(=O)N(C)Cc2ccccc21. The molecule has 1 N–H and O–H groups in total. The van der Waals surface area contributed by atoms with Gasteiger partial charge in [-0.05, 0) is 18.1 Å². The minimum atomic E-state index is -0.709. The Morgan fingerprint density at radius 3 is 2.75 bits per heavy atom. The summed E-state index contributed by atoms with van der Waals surface area (Å²) in [7, 11) is 1.73. The zero-order valence-electron chi connectivity index (χ0n) is 14.3. The van der Waals surface area contributed by atoms with Gasteiger partial charge in [-0.15, -0.1) is 0 Å². The van der Waals surface area contributed by atoms with Crippen LogP contribution in [-0.2, 0) is 11.3 Å². The Bertz CT molecular complexity index is 795. The zero-order valence-corrected chi connectivity index (χ0v) is 14.3. The summed E-state index contributed by atoms with van der Waals surface area (Å²) in [6, 6.07) is 6.93. The van der Waals surface area contributed by atoms with Gasteiger partial charge in [-0.2, -0.15) is 0 Å². The van der Waals surface area contributed by atoms with Crippen molar-refractivity contribution in [3.05, 3.63) is 52.7 Å². The summed E-state index contributed by atoms with van der Waals surface area (Å²) in [5, 5.41) is 2.80. The molecule has 1 aromatic heterocycles. The van der Waals surface area contributed by atoms with Crippen LogP contribution in [0.5, 0.6) is 0 Å². The van der Waals surface area contributed by atoms with Crippen LogP contribution in [0, 0.1) is 6.92 Å². The normalized spacial score (nSPS) is 17.1. The van der Waals surface area contributed by atoms with Crippen LogP contribution in [0.2, 0.25) is 0 Å². The van der Waals surface area contributed by atoms with Crippen LogP contribution in [0.25, 0.3) is 0 Å². The van der Waals surface area contributed by atoms with Crippen molar-refractivity contribution >= 4 is 11.8 Å². The molecule has 1 atom stereocenters. The maximum atomic E-state index is 12.6. The van der Waals surface area contributed by atoms with Crippen molar-refractivity contribution in [3.8, 4) is 0 Å². The third kappa shape index (κ3) is 2.79. The number of fused-ring (bicyclic) bond motifs is 1. The predicted octanol–water partition coefficient (Wildman–Crippen LogP) is 2.55. The molecule has 1 aliphatic heterocycles. The Morgan fingerprint density at radius 2 is 2.08 bits per heavy atom. The standard InChI is InChI=1S/C18H21N3O3/c1-10(2)17-19-11(3)15(24-17)16(22)20-14-13-8-6-5-7-12(13)9-21(4)18(14)23/h5-8,10,14H,9H2,1-4H3,(H,20,22). The second kappa shape index (κ2) is 6.11. The van der Waals surface area contributed by atoms with Gasteiger partial charge in [0.2, 0.25) is 11.7 Å². The smallest absolute Gasteiger partial charge is 0.289 e. The third-order valence-corrected chi connectivity index (χ3v) is 4.19. The van der Waals surface area contributed by atoms with E-state index in [1.54, 1.807) is 18.9 Å². The highest BCUT2D eigenvalue weighted by Gasteiger charge is 2.33. The number of aryl methyl sites for hydroxylation is 1. The van der Waals surface area contributed by atoms with Crippen molar-refractivity contribution in [1.82, 2.24) is 15.2 Å². The molecule has 3 rings (SSSR count). The molecule has 1 aliphatic rings. The van der Waals surface area contributed by atoms with Gasteiger partial charge in [0.25, 0.3) is 5.91 Å². The molecular formula is C18H21N3O3. The topological polar surface area (TPSA) is 75.4 Å². The lowest BCUT2D eigenvalue weighted by Crippen LogP contribution is -2.44. The molecule has 1 aromatic carbocycles. The number of carbonyl (C=O) groups is 2. The van der Waals surface area contributed by atoms with E-state index in [1.165, 1.54) is 0 Å². The molecule has 0 saturated carbocycles. The summed E-state index contributed by atoms with van der Waals surface area (Å²) in [5.41, 5.74) is 2.39.